The first-order valence-corrected chi connectivity index (χ1v) is 14.2. The van der Waals surface area contributed by atoms with Crippen LogP contribution in [0.4, 0.5) is 11.6 Å². The molecule has 176 valence electrons. The molecule has 0 spiro atoms. The van der Waals surface area contributed by atoms with E-state index in [1.54, 1.807) is 13.8 Å². The molecular weight excluding hydrogens is 556 g/mol. The molecular formula is C19H22F3IO7S-2. The summed E-state index contributed by atoms with van der Waals surface area (Å²) in [5.74, 6) is 0.374. The van der Waals surface area contributed by atoms with Crippen LogP contribution >= 0.6 is 0 Å². The van der Waals surface area contributed by atoms with Crippen LogP contribution in [0.25, 0.3) is 0 Å². The van der Waals surface area contributed by atoms with E-state index in [1.165, 1.54) is 38.5 Å². The van der Waals surface area contributed by atoms with Crippen LogP contribution in [0, 0.1) is 7.14 Å². The van der Waals surface area contributed by atoms with Crippen molar-refractivity contribution in [2.75, 3.05) is 14.2 Å². The van der Waals surface area contributed by atoms with Gasteiger partial charge in [0.1, 0.15) is 0 Å². The molecule has 12 heteroatoms. The fourth-order valence-corrected chi connectivity index (χ4v) is 10.9. The van der Waals surface area contributed by atoms with Crippen molar-refractivity contribution >= 4 is 10.1 Å². The molecule has 0 saturated carbocycles. The first-order valence-electron chi connectivity index (χ1n) is 8.76. The van der Waals surface area contributed by atoms with Crippen LogP contribution in [0.5, 0.6) is 11.5 Å². The number of benzene rings is 2. The van der Waals surface area contributed by atoms with E-state index in [0.717, 1.165) is 24.3 Å². The minimum absolute atomic E-state index is 0.187. The Morgan fingerprint density at radius 3 is 1.42 bits per heavy atom. The van der Waals surface area contributed by atoms with Gasteiger partial charge in [-0.3, -0.25) is 0 Å². The number of halogens is 4. The van der Waals surface area contributed by atoms with Gasteiger partial charge in [-0.25, -0.2) is 0 Å². The Kier molecular flexibility index (Phi) is 8.19. The van der Waals surface area contributed by atoms with Crippen LogP contribution in [0.1, 0.15) is 13.8 Å². The summed E-state index contributed by atoms with van der Waals surface area (Å²) in [7, 11) is -3.52. The Morgan fingerprint density at radius 1 is 0.839 bits per heavy atom. The van der Waals surface area contributed by atoms with Crippen molar-refractivity contribution in [2.24, 2.45) is 0 Å². The van der Waals surface area contributed by atoms with Gasteiger partial charge in [-0.1, -0.05) is 0 Å². The zero-order chi connectivity index (χ0) is 23.4. The molecule has 31 heavy (non-hydrogen) atoms. The van der Waals surface area contributed by atoms with Crippen molar-refractivity contribution in [3.63, 3.8) is 0 Å². The average Bonchev–Trinajstić information content (AvgIpc) is 2.73. The summed E-state index contributed by atoms with van der Waals surface area (Å²) in [4.78, 5) is 0. The maximum absolute atomic E-state index is 16.2. The second-order valence-electron chi connectivity index (χ2n) is 6.15. The number of ether oxygens (including phenoxy) is 4. The third-order valence-electron chi connectivity index (χ3n) is 4.08. The predicted octanol–water partition coefficient (Wildman–Crippen LogP) is 0.609. The van der Waals surface area contributed by atoms with Crippen LogP contribution in [-0.4, -0.2) is 43.0 Å². The van der Waals surface area contributed by atoms with E-state index >= 15 is 2.86 Å². The van der Waals surface area contributed by atoms with Crippen LogP contribution in [0.3, 0.4) is 0 Å². The molecule has 0 heterocycles. The summed E-state index contributed by atoms with van der Waals surface area (Å²) in [6.45, 7) is 3.16. The van der Waals surface area contributed by atoms with Crippen molar-refractivity contribution in [2.45, 2.75) is 29.7 Å². The Balaban J connectivity index is 2.55. The zero-order valence-corrected chi connectivity index (χ0v) is 20.0. The normalized spacial score (nSPS) is 17.3. The Hall–Kier alpha value is -1.61. The molecule has 0 fully saturated rings. The van der Waals surface area contributed by atoms with Crippen molar-refractivity contribution in [1.29, 1.82) is 0 Å². The Labute approximate surface area is 183 Å². The molecule has 2 aromatic carbocycles. The van der Waals surface area contributed by atoms with Gasteiger partial charge in [0.15, 0.2) is 0 Å². The molecule has 0 amide bonds. The summed E-state index contributed by atoms with van der Waals surface area (Å²) in [5, 5.41) is 0. The second-order valence-corrected chi connectivity index (χ2v) is 15.0. The second kappa shape index (κ2) is 9.90. The molecule has 0 radical (unpaired) electrons. The molecule has 0 N–H and O–H groups in total. The van der Waals surface area contributed by atoms with Gasteiger partial charge in [0.25, 0.3) is 0 Å². The topological polar surface area (TPSA) is 94.1 Å². The van der Waals surface area contributed by atoms with E-state index in [-0.39, 0.29) is 11.5 Å². The van der Waals surface area contributed by atoms with E-state index in [9.17, 15) is 21.8 Å². The third-order valence-corrected chi connectivity index (χ3v) is 14.3. The van der Waals surface area contributed by atoms with Crippen molar-refractivity contribution < 1.29 is 62.6 Å². The quantitative estimate of drug-likeness (QED) is 0.177. The number of methoxy groups -OCH3 is 2. The summed E-state index contributed by atoms with van der Waals surface area (Å²) in [6.07, 6.45) is -1.32. The van der Waals surface area contributed by atoms with Crippen molar-refractivity contribution in [3.05, 3.63) is 55.7 Å². The molecule has 0 aliphatic heterocycles. The molecule has 0 saturated heterocycles. The minimum atomic E-state index is -6.49. The summed E-state index contributed by atoms with van der Waals surface area (Å²) >= 11 is -6.49. The molecule has 2 atom stereocenters. The molecule has 7 nitrogen and oxygen atoms in total. The molecule has 2 rings (SSSR count). The van der Waals surface area contributed by atoms with Crippen molar-refractivity contribution in [3.8, 4) is 11.5 Å². The van der Waals surface area contributed by atoms with Gasteiger partial charge < -0.3 is 0 Å². The van der Waals surface area contributed by atoms with Gasteiger partial charge in [0, 0.05) is 0 Å². The van der Waals surface area contributed by atoms with Crippen LogP contribution < -0.4 is 28.5 Å². The summed E-state index contributed by atoms with van der Waals surface area (Å²) in [6, 6.07) is 8.77. The fourth-order valence-electron chi connectivity index (χ4n) is 2.36. The first kappa shape index (κ1) is 25.6. The number of rotatable bonds is 10. The van der Waals surface area contributed by atoms with Gasteiger partial charge in [0.05, 0.1) is 0 Å². The van der Waals surface area contributed by atoms with Gasteiger partial charge in [-0.2, -0.15) is 0 Å². The third kappa shape index (κ3) is 5.42. The molecule has 0 aliphatic carbocycles. The molecule has 2 unspecified atom stereocenters. The molecule has 0 aromatic heterocycles. The van der Waals surface area contributed by atoms with Crippen LogP contribution in [0.2, 0.25) is 0 Å². The SMILES string of the molecule is COC(C)Oc1ccc([I-](F)(c2ccc(OC(C)OC)cc2)C(F)(F)S(=O)(=O)[O-])cc1. The van der Waals surface area contributed by atoms with Gasteiger partial charge in [0.2, 0.25) is 0 Å². The first-order chi connectivity index (χ1) is 14.4. The Morgan fingerprint density at radius 2 is 1.16 bits per heavy atom. The molecule has 0 bridgehead atoms. The van der Waals surface area contributed by atoms with Crippen LogP contribution in [0.15, 0.2) is 48.5 Å². The van der Waals surface area contributed by atoms with Gasteiger partial charge in [-0.15, -0.1) is 0 Å². The van der Waals surface area contributed by atoms with Crippen molar-refractivity contribution in [1.82, 2.24) is 0 Å². The van der Waals surface area contributed by atoms with E-state index in [0.29, 0.717) is 0 Å². The van der Waals surface area contributed by atoms with Gasteiger partial charge in [-0.05, 0) is 0 Å². The molecule has 2 aromatic rings. The zero-order valence-electron chi connectivity index (χ0n) is 17.1. The van der Waals surface area contributed by atoms with E-state index in [4.69, 9.17) is 18.9 Å². The maximum atomic E-state index is 16.2. The van der Waals surface area contributed by atoms with E-state index < -0.39 is 52.1 Å². The van der Waals surface area contributed by atoms with E-state index in [2.05, 4.69) is 0 Å². The number of hydrogen-bond acceptors (Lipinski definition) is 7. The molecule has 0 aliphatic rings. The summed E-state index contributed by atoms with van der Waals surface area (Å²) in [5.41, 5.74) is 0. The Bertz CT molecular complexity index is 914. The fraction of sp³-hybridized carbons (Fsp3) is 0.368. The number of hydrogen-bond donors (Lipinski definition) is 0. The van der Waals surface area contributed by atoms with Crippen LogP contribution in [-0.2, 0) is 19.6 Å². The summed E-state index contributed by atoms with van der Waals surface area (Å²) < 4.78 is 94.1. The average molecular weight is 578 g/mol. The van der Waals surface area contributed by atoms with Gasteiger partial charge >= 0.3 is 184 Å². The standard InChI is InChI=1S/C19H23F3IO7S/c1-13(27-3)29-17-9-5-15(6-10-17)23(22,19(20,21)31(24,25)26)16-7-11-18(12-8-16)30-14(2)28-4/h5-14H,1-4H3,(H,24,25,26)/q-1/p-1. The monoisotopic (exact) mass is 578 g/mol. The van der Waals surface area contributed by atoms with E-state index in [1.807, 2.05) is 0 Å². The number of alkyl halides is 3. The predicted molar refractivity (Wildman–Crippen MR) is 100 cm³/mol.